The minimum atomic E-state index is -0.577. The quantitative estimate of drug-likeness (QED) is 0.533. The first-order valence-corrected chi connectivity index (χ1v) is 11.0. The molecule has 3 rings (SSSR count). The van der Waals surface area contributed by atoms with Gasteiger partial charge in [-0.3, -0.25) is 14.2 Å². The molecule has 0 spiro atoms. The van der Waals surface area contributed by atoms with E-state index in [4.69, 9.17) is 18.9 Å². The largest absolute Gasteiger partial charge is 0.493 e. The molecule has 1 saturated heterocycles. The van der Waals surface area contributed by atoms with Crippen LogP contribution in [0.4, 0.5) is 0 Å². The van der Waals surface area contributed by atoms with Crippen molar-refractivity contribution in [3.63, 3.8) is 0 Å². The van der Waals surface area contributed by atoms with E-state index in [9.17, 15) is 14.4 Å². The molecule has 172 valence electrons. The van der Waals surface area contributed by atoms with E-state index in [2.05, 4.69) is 0 Å². The summed E-state index contributed by atoms with van der Waals surface area (Å²) in [7, 11) is 3.05. The highest BCUT2D eigenvalue weighted by Gasteiger charge is 2.19. The Kier molecular flexibility index (Phi) is 8.07. The minimum absolute atomic E-state index is 0.177. The smallest absolute Gasteiger partial charge is 0.333 e. The van der Waals surface area contributed by atoms with E-state index in [1.165, 1.54) is 24.9 Å². The number of ether oxygens (including phenoxy) is 4. The molecule has 0 saturated carbocycles. The minimum Gasteiger partial charge on any atom is -0.493 e. The van der Waals surface area contributed by atoms with Gasteiger partial charge in [-0.2, -0.15) is 0 Å². The second kappa shape index (κ2) is 11.0. The summed E-state index contributed by atoms with van der Waals surface area (Å²) >= 11 is 1.10. The number of benzene rings is 1. The van der Waals surface area contributed by atoms with Crippen LogP contribution in [0, 0.1) is 0 Å². The molecule has 32 heavy (non-hydrogen) atoms. The van der Waals surface area contributed by atoms with Crippen molar-refractivity contribution in [3.05, 3.63) is 43.3 Å². The molecule has 9 nitrogen and oxygen atoms in total. The number of morpholine rings is 1. The molecule has 0 aliphatic carbocycles. The first kappa shape index (κ1) is 23.6. The predicted molar refractivity (Wildman–Crippen MR) is 119 cm³/mol. The van der Waals surface area contributed by atoms with Gasteiger partial charge in [0, 0.05) is 18.7 Å². The number of esters is 1. The lowest BCUT2D eigenvalue weighted by atomic mass is 10.2. The third-order valence-corrected chi connectivity index (χ3v) is 5.90. The number of hydrogen-bond acceptors (Lipinski definition) is 8. The predicted octanol–water partition coefficient (Wildman–Crippen LogP) is -0.0418. The van der Waals surface area contributed by atoms with Crippen molar-refractivity contribution >= 4 is 35.4 Å². The number of carbonyl (C=O) groups excluding carboxylic acids is 2. The Labute approximate surface area is 189 Å². The average molecular weight is 463 g/mol. The van der Waals surface area contributed by atoms with Crippen molar-refractivity contribution in [2.75, 3.05) is 47.1 Å². The highest BCUT2D eigenvalue weighted by molar-refractivity contribution is 7.07. The van der Waals surface area contributed by atoms with Crippen molar-refractivity contribution < 1.29 is 28.5 Å². The summed E-state index contributed by atoms with van der Waals surface area (Å²) in [5.74, 6) is 0.220. The number of aromatic nitrogens is 1. The van der Waals surface area contributed by atoms with Gasteiger partial charge in [0.05, 0.1) is 44.6 Å². The SMILES string of the molecule is CCOC(=O)/C=c1\s/c(=C\c2cccc(OC)c2OC)c(=O)n1CC(=O)N1CCOCC1. The van der Waals surface area contributed by atoms with Gasteiger partial charge in [0.15, 0.2) is 11.5 Å². The Morgan fingerprint density at radius 3 is 2.59 bits per heavy atom. The number of hydrogen-bond donors (Lipinski definition) is 0. The Hall–Kier alpha value is -3.11. The molecule has 1 fully saturated rings. The molecular weight excluding hydrogens is 436 g/mol. The Morgan fingerprint density at radius 2 is 1.94 bits per heavy atom. The van der Waals surface area contributed by atoms with Crippen LogP contribution in [-0.4, -0.2) is 68.5 Å². The van der Waals surface area contributed by atoms with Gasteiger partial charge in [0.2, 0.25) is 5.91 Å². The Bertz CT molecular complexity index is 1150. The number of rotatable bonds is 7. The number of amides is 1. The maximum absolute atomic E-state index is 13.2. The van der Waals surface area contributed by atoms with E-state index >= 15 is 0 Å². The molecule has 2 aromatic rings. The van der Waals surface area contributed by atoms with Crippen molar-refractivity contribution in [2.45, 2.75) is 13.5 Å². The third kappa shape index (κ3) is 5.38. The first-order valence-electron chi connectivity index (χ1n) is 10.1. The highest BCUT2D eigenvalue weighted by Crippen LogP contribution is 2.30. The standard InChI is InChI=1S/C22H26N2O7S/c1-4-31-20(26)13-19-24(14-18(25)23-8-10-30-11-9-23)22(27)17(32-19)12-15-6-5-7-16(28-2)21(15)29-3/h5-7,12-13H,4,8-11,14H2,1-3H3/b17-12-,19-13-. The summed E-state index contributed by atoms with van der Waals surface area (Å²) < 4.78 is 23.0. The summed E-state index contributed by atoms with van der Waals surface area (Å²) in [6.07, 6.45) is 2.90. The van der Waals surface area contributed by atoms with E-state index in [0.29, 0.717) is 52.6 Å². The third-order valence-electron chi connectivity index (χ3n) is 4.84. The second-order valence-corrected chi connectivity index (χ2v) is 7.87. The van der Waals surface area contributed by atoms with Crippen LogP contribution in [0.5, 0.6) is 11.5 Å². The molecule has 10 heteroatoms. The van der Waals surface area contributed by atoms with Crippen LogP contribution < -0.4 is 24.2 Å². The van der Waals surface area contributed by atoms with E-state index in [1.807, 2.05) is 0 Å². The number of methoxy groups -OCH3 is 2. The van der Waals surface area contributed by atoms with Gasteiger partial charge in [0.25, 0.3) is 5.56 Å². The Balaban J connectivity index is 2.09. The van der Waals surface area contributed by atoms with Crippen LogP contribution in [-0.2, 0) is 25.6 Å². The molecule has 0 radical (unpaired) electrons. The Morgan fingerprint density at radius 1 is 1.19 bits per heavy atom. The summed E-state index contributed by atoms with van der Waals surface area (Å²) in [4.78, 5) is 39.7. The second-order valence-electron chi connectivity index (χ2n) is 6.81. The van der Waals surface area contributed by atoms with Crippen LogP contribution in [0.25, 0.3) is 12.2 Å². The van der Waals surface area contributed by atoms with Gasteiger partial charge in [-0.05, 0) is 19.1 Å². The summed E-state index contributed by atoms with van der Waals surface area (Å²) in [5.41, 5.74) is 0.261. The molecule has 0 atom stereocenters. The molecule has 0 unspecified atom stereocenters. The van der Waals surface area contributed by atoms with Gasteiger partial charge in [0.1, 0.15) is 11.2 Å². The van der Waals surface area contributed by atoms with Crippen molar-refractivity contribution in [1.29, 1.82) is 0 Å². The topological polar surface area (TPSA) is 96.3 Å². The fraction of sp³-hybridized carbons (Fsp3) is 0.409. The lowest BCUT2D eigenvalue weighted by Crippen LogP contribution is -2.45. The number of carbonyl (C=O) groups is 2. The van der Waals surface area contributed by atoms with E-state index in [-0.39, 0.29) is 24.6 Å². The summed E-state index contributed by atoms with van der Waals surface area (Å²) in [6, 6.07) is 5.33. The van der Waals surface area contributed by atoms with Crippen LogP contribution in [0.1, 0.15) is 12.5 Å². The van der Waals surface area contributed by atoms with Gasteiger partial charge in [-0.1, -0.05) is 12.1 Å². The number of thiazole rings is 1. The maximum atomic E-state index is 13.2. The normalized spacial score (nSPS) is 15.0. The maximum Gasteiger partial charge on any atom is 0.333 e. The van der Waals surface area contributed by atoms with Crippen LogP contribution in [0.3, 0.4) is 0 Å². The van der Waals surface area contributed by atoms with Gasteiger partial charge < -0.3 is 23.8 Å². The lowest BCUT2D eigenvalue weighted by molar-refractivity contribution is -0.136. The van der Waals surface area contributed by atoms with Crippen LogP contribution >= 0.6 is 11.3 Å². The van der Waals surface area contributed by atoms with Crippen molar-refractivity contribution in [3.8, 4) is 11.5 Å². The summed E-state index contributed by atoms with van der Waals surface area (Å²) in [6.45, 7) is 3.58. The molecule has 0 N–H and O–H groups in total. The zero-order valence-electron chi connectivity index (χ0n) is 18.3. The number of para-hydroxylation sites is 1. The van der Waals surface area contributed by atoms with Crippen molar-refractivity contribution in [1.82, 2.24) is 9.47 Å². The molecule has 1 aromatic heterocycles. The van der Waals surface area contributed by atoms with E-state index in [1.54, 1.807) is 36.1 Å². The zero-order valence-corrected chi connectivity index (χ0v) is 19.1. The molecule has 1 aliphatic heterocycles. The van der Waals surface area contributed by atoms with E-state index < -0.39 is 5.97 Å². The fourth-order valence-corrected chi connectivity index (χ4v) is 4.31. The summed E-state index contributed by atoms with van der Waals surface area (Å²) in [5, 5.41) is 0. The fourth-order valence-electron chi connectivity index (χ4n) is 3.29. The molecule has 0 bridgehead atoms. The van der Waals surface area contributed by atoms with Gasteiger partial charge in [-0.15, -0.1) is 11.3 Å². The lowest BCUT2D eigenvalue weighted by Gasteiger charge is -2.26. The molecule has 1 aliphatic rings. The first-order chi connectivity index (χ1) is 15.5. The van der Waals surface area contributed by atoms with Gasteiger partial charge >= 0.3 is 5.97 Å². The highest BCUT2D eigenvalue weighted by atomic mass is 32.1. The van der Waals surface area contributed by atoms with Crippen molar-refractivity contribution in [2.24, 2.45) is 0 Å². The molecule has 2 heterocycles. The monoisotopic (exact) mass is 462 g/mol. The molecule has 1 aromatic carbocycles. The van der Waals surface area contributed by atoms with E-state index in [0.717, 1.165) is 11.3 Å². The molecule has 1 amide bonds. The van der Waals surface area contributed by atoms with Crippen LogP contribution in [0.2, 0.25) is 0 Å². The average Bonchev–Trinajstić information content (AvgIpc) is 3.08. The van der Waals surface area contributed by atoms with Gasteiger partial charge in [-0.25, -0.2) is 4.79 Å². The zero-order chi connectivity index (χ0) is 23.1. The molecular formula is C22H26N2O7S. The number of nitrogens with zero attached hydrogens (tertiary/aromatic N) is 2. The van der Waals surface area contributed by atoms with Crippen LogP contribution in [0.15, 0.2) is 23.0 Å².